The Morgan fingerprint density at radius 2 is 2.00 bits per heavy atom. The molecule has 0 fully saturated rings. The summed E-state index contributed by atoms with van der Waals surface area (Å²) in [5, 5.41) is 4.37. The number of benzene rings is 2. The van der Waals surface area contributed by atoms with Gasteiger partial charge in [-0.05, 0) is 30.2 Å². The molecule has 0 unspecified atom stereocenters. The number of aromatic nitrogens is 3. The van der Waals surface area contributed by atoms with E-state index in [-0.39, 0.29) is 0 Å². The normalized spacial score (nSPS) is 11.4. The standard InChI is InChI=1S/C17H16N4S/c1-3-11-6-4-5-7-12(11)19-17-20-16-14(22-17)9-8-13-15(16)18-10-21(13)2/h4-10H,3H2,1-2H3,(H,19,20). The second kappa shape index (κ2) is 5.10. The van der Waals surface area contributed by atoms with Gasteiger partial charge >= 0.3 is 0 Å². The molecule has 2 aromatic carbocycles. The summed E-state index contributed by atoms with van der Waals surface area (Å²) < 4.78 is 3.18. The molecule has 110 valence electrons. The van der Waals surface area contributed by atoms with E-state index in [9.17, 15) is 0 Å². The van der Waals surface area contributed by atoms with E-state index in [4.69, 9.17) is 4.98 Å². The molecule has 0 saturated carbocycles. The molecule has 0 amide bonds. The number of anilines is 2. The van der Waals surface area contributed by atoms with Gasteiger partial charge in [0.05, 0.1) is 16.5 Å². The van der Waals surface area contributed by atoms with Gasteiger partial charge in [0, 0.05) is 12.7 Å². The van der Waals surface area contributed by atoms with Crippen molar-refractivity contribution < 1.29 is 0 Å². The van der Waals surface area contributed by atoms with Crippen LogP contribution in [0.25, 0.3) is 21.3 Å². The number of hydrogen-bond donors (Lipinski definition) is 1. The molecule has 4 aromatic rings. The third kappa shape index (κ3) is 2.05. The number of rotatable bonds is 3. The Labute approximate surface area is 132 Å². The fourth-order valence-corrected chi connectivity index (χ4v) is 3.59. The van der Waals surface area contributed by atoms with E-state index in [0.29, 0.717) is 0 Å². The van der Waals surface area contributed by atoms with E-state index in [2.05, 4.69) is 47.6 Å². The van der Waals surface area contributed by atoms with Crippen LogP contribution >= 0.6 is 11.3 Å². The van der Waals surface area contributed by atoms with Gasteiger partial charge in [0.15, 0.2) is 5.13 Å². The lowest BCUT2D eigenvalue weighted by Gasteiger charge is -2.07. The highest BCUT2D eigenvalue weighted by molar-refractivity contribution is 7.22. The smallest absolute Gasteiger partial charge is 0.188 e. The molecule has 0 aliphatic carbocycles. The first-order valence-corrected chi connectivity index (χ1v) is 8.13. The van der Waals surface area contributed by atoms with Gasteiger partial charge in [-0.1, -0.05) is 36.5 Å². The lowest BCUT2D eigenvalue weighted by molar-refractivity contribution is 0.948. The molecule has 4 rings (SSSR count). The molecule has 5 heteroatoms. The van der Waals surface area contributed by atoms with Crippen LogP contribution in [0, 0.1) is 0 Å². The van der Waals surface area contributed by atoms with Crippen LogP contribution in [0.1, 0.15) is 12.5 Å². The zero-order valence-corrected chi connectivity index (χ0v) is 13.3. The fourth-order valence-electron chi connectivity index (χ4n) is 2.71. The Morgan fingerprint density at radius 1 is 1.14 bits per heavy atom. The molecule has 1 N–H and O–H groups in total. The summed E-state index contributed by atoms with van der Waals surface area (Å²) in [6.45, 7) is 2.16. The highest BCUT2D eigenvalue weighted by Crippen LogP contribution is 2.33. The molecule has 0 bridgehead atoms. The van der Waals surface area contributed by atoms with Crippen molar-refractivity contribution in [3.05, 3.63) is 48.3 Å². The molecule has 2 heterocycles. The van der Waals surface area contributed by atoms with Gasteiger partial charge < -0.3 is 9.88 Å². The maximum absolute atomic E-state index is 4.76. The Bertz CT molecular complexity index is 967. The molecular weight excluding hydrogens is 292 g/mol. The van der Waals surface area contributed by atoms with Crippen molar-refractivity contribution >= 4 is 43.4 Å². The third-order valence-corrected chi connectivity index (χ3v) is 4.83. The molecular formula is C17H16N4S. The molecule has 0 atom stereocenters. The molecule has 0 spiro atoms. The monoisotopic (exact) mass is 308 g/mol. The minimum Gasteiger partial charge on any atom is -0.334 e. The molecule has 0 saturated heterocycles. The average Bonchev–Trinajstić information content (AvgIpc) is 3.11. The number of fused-ring (bicyclic) bond motifs is 3. The minimum absolute atomic E-state index is 0.911. The Hall–Kier alpha value is -2.40. The van der Waals surface area contributed by atoms with E-state index in [0.717, 1.165) is 38.5 Å². The Kier molecular flexibility index (Phi) is 3.08. The maximum atomic E-state index is 4.76. The van der Waals surface area contributed by atoms with Crippen molar-refractivity contribution in [1.82, 2.24) is 14.5 Å². The molecule has 2 aromatic heterocycles. The summed E-state index contributed by atoms with van der Waals surface area (Å²) in [4.78, 5) is 9.24. The zero-order valence-electron chi connectivity index (χ0n) is 12.5. The quantitative estimate of drug-likeness (QED) is 0.606. The summed E-state index contributed by atoms with van der Waals surface area (Å²) in [5.41, 5.74) is 5.47. The Morgan fingerprint density at radius 3 is 2.86 bits per heavy atom. The third-order valence-electron chi connectivity index (χ3n) is 3.89. The lowest BCUT2D eigenvalue weighted by atomic mass is 10.1. The van der Waals surface area contributed by atoms with Gasteiger partial charge in [-0.2, -0.15) is 0 Å². The van der Waals surface area contributed by atoms with E-state index in [1.807, 2.05) is 24.0 Å². The number of aryl methyl sites for hydroxylation is 2. The zero-order chi connectivity index (χ0) is 15.1. The van der Waals surface area contributed by atoms with Gasteiger partial charge in [0.1, 0.15) is 11.0 Å². The van der Waals surface area contributed by atoms with Crippen molar-refractivity contribution in [3.8, 4) is 0 Å². The van der Waals surface area contributed by atoms with Crippen LogP contribution in [0.15, 0.2) is 42.7 Å². The SMILES string of the molecule is CCc1ccccc1Nc1nc2c(ccc3c2ncn3C)s1. The number of hydrogen-bond acceptors (Lipinski definition) is 4. The highest BCUT2D eigenvalue weighted by atomic mass is 32.1. The summed E-state index contributed by atoms with van der Waals surface area (Å²) in [5.74, 6) is 0. The predicted molar refractivity (Wildman–Crippen MR) is 93.0 cm³/mol. The molecule has 0 aliphatic heterocycles. The van der Waals surface area contributed by atoms with Crippen LogP contribution in [0.5, 0.6) is 0 Å². The van der Waals surface area contributed by atoms with E-state index in [1.165, 1.54) is 5.56 Å². The summed E-state index contributed by atoms with van der Waals surface area (Å²) in [6, 6.07) is 12.6. The van der Waals surface area contributed by atoms with Crippen molar-refractivity contribution in [2.75, 3.05) is 5.32 Å². The second-order valence-corrected chi connectivity index (χ2v) is 6.32. The lowest BCUT2D eigenvalue weighted by Crippen LogP contribution is -1.94. The molecule has 4 nitrogen and oxygen atoms in total. The fraction of sp³-hybridized carbons (Fsp3) is 0.176. The first-order valence-electron chi connectivity index (χ1n) is 7.31. The maximum Gasteiger partial charge on any atom is 0.188 e. The van der Waals surface area contributed by atoms with Crippen molar-refractivity contribution in [2.24, 2.45) is 7.05 Å². The predicted octanol–water partition coefficient (Wildman–Crippen LogP) is 4.49. The number of nitrogens with one attached hydrogen (secondary N) is 1. The van der Waals surface area contributed by atoms with Crippen LogP contribution in [0.4, 0.5) is 10.8 Å². The number of imidazole rings is 1. The largest absolute Gasteiger partial charge is 0.334 e. The molecule has 0 radical (unpaired) electrons. The van der Waals surface area contributed by atoms with Gasteiger partial charge in [-0.3, -0.25) is 0 Å². The first kappa shape index (κ1) is 13.3. The van der Waals surface area contributed by atoms with Crippen molar-refractivity contribution in [1.29, 1.82) is 0 Å². The van der Waals surface area contributed by atoms with E-state index in [1.54, 1.807) is 11.3 Å². The van der Waals surface area contributed by atoms with Crippen LogP contribution in [-0.4, -0.2) is 14.5 Å². The van der Waals surface area contributed by atoms with E-state index >= 15 is 0 Å². The van der Waals surface area contributed by atoms with Gasteiger partial charge in [-0.25, -0.2) is 9.97 Å². The summed E-state index contributed by atoms with van der Waals surface area (Å²) >= 11 is 1.66. The van der Waals surface area contributed by atoms with Gasteiger partial charge in [0.2, 0.25) is 0 Å². The minimum atomic E-state index is 0.911. The number of nitrogens with zero attached hydrogens (tertiary/aromatic N) is 3. The molecule has 22 heavy (non-hydrogen) atoms. The second-order valence-electron chi connectivity index (χ2n) is 5.29. The molecule has 0 aliphatic rings. The van der Waals surface area contributed by atoms with Crippen LogP contribution in [0.2, 0.25) is 0 Å². The average molecular weight is 308 g/mol. The number of para-hydroxylation sites is 1. The van der Waals surface area contributed by atoms with Crippen LogP contribution < -0.4 is 5.32 Å². The van der Waals surface area contributed by atoms with Crippen molar-refractivity contribution in [2.45, 2.75) is 13.3 Å². The van der Waals surface area contributed by atoms with Crippen LogP contribution in [0.3, 0.4) is 0 Å². The topological polar surface area (TPSA) is 42.7 Å². The summed E-state index contributed by atoms with van der Waals surface area (Å²) in [6.07, 6.45) is 2.83. The van der Waals surface area contributed by atoms with Gasteiger partial charge in [-0.15, -0.1) is 0 Å². The van der Waals surface area contributed by atoms with Crippen molar-refractivity contribution in [3.63, 3.8) is 0 Å². The Balaban J connectivity index is 1.81. The highest BCUT2D eigenvalue weighted by Gasteiger charge is 2.11. The van der Waals surface area contributed by atoms with E-state index < -0.39 is 0 Å². The summed E-state index contributed by atoms with van der Waals surface area (Å²) in [7, 11) is 2.00. The number of thiazole rings is 1. The van der Waals surface area contributed by atoms with Crippen LogP contribution in [-0.2, 0) is 13.5 Å². The first-order chi connectivity index (χ1) is 10.8. The van der Waals surface area contributed by atoms with Gasteiger partial charge in [0.25, 0.3) is 0 Å².